The minimum absolute atomic E-state index is 0.0170. The van der Waals surface area contributed by atoms with Crippen LogP contribution in [0, 0.1) is 17.0 Å². The Bertz CT molecular complexity index is 773. The molecule has 0 unspecified atom stereocenters. The van der Waals surface area contributed by atoms with E-state index >= 15 is 0 Å². The molecule has 0 radical (unpaired) electrons. The van der Waals surface area contributed by atoms with Crippen LogP contribution in [0.25, 0.3) is 0 Å². The molecule has 8 heteroatoms. The molecule has 0 spiro atoms. The monoisotopic (exact) mass is 341 g/mol. The molecule has 0 bridgehead atoms. The lowest BCUT2D eigenvalue weighted by Gasteiger charge is -2.32. The van der Waals surface area contributed by atoms with Crippen molar-refractivity contribution in [3.8, 4) is 0 Å². The van der Waals surface area contributed by atoms with E-state index in [1.54, 1.807) is 37.5 Å². The van der Waals surface area contributed by atoms with E-state index in [1.807, 2.05) is 4.90 Å². The maximum atomic E-state index is 12.4. The number of likely N-dealkylation sites (tertiary alicyclic amines) is 1. The van der Waals surface area contributed by atoms with Gasteiger partial charge in [0, 0.05) is 42.7 Å². The second kappa shape index (κ2) is 7.25. The molecule has 1 fully saturated rings. The fraction of sp³-hybridized carbons (Fsp3) is 0.353. The van der Waals surface area contributed by atoms with Crippen molar-refractivity contribution in [1.82, 2.24) is 14.9 Å². The zero-order valence-electron chi connectivity index (χ0n) is 13.9. The molecule has 3 heterocycles. The van der Waals surface area contributed by atoms with Crippen molar-refractivity contribution in [2.75, 3.05) is 18.4 Å². The van der Waals surface area contributed by atoms with Gasteiger partial charge >= 0.3 is 0 Å². The lowest BCUT2D eigenvalue weighted by atomic mass is 10.0. The van der Waals surface area contributed by atoms with E-state index in [4.69, 9.17) is 0 Å². The van der Waals surface area contributed by atoms with Gasteiger partial charge in [0.05, 0.1) is 4.92 Å². The number of aryl methyl sites for hydroxylation is 1. The van der Waals surface area contributed by atoms with Gasteiger partial charge in [-0.05, 0) is 38.0 Å². The van der Waals surface area contributed by atoms with Crippen molar-refractivity contribution in [1.29, 1.82) is 0 Å². The van der Waals surface area contributed by atoms with Gasteiger partial charge in [-0.1, -0.05) is 0 Å². The summed E-state index contributed by atoms with van der Waals surface area (Å²) in [6.07, 6.45) is 6.11. The molecule has 1 N–H and O–H groups in total. The highest BCUT2D eigenvalue weighted by atomic mass is 16.6. The Morgan fingerprint density at radius 2 is 2.00 bits per heavy atom. The molecule has 2 aromatic heterocycles. The maximum absolute atomic E-state index is 12.4. The minimum Gasteiger partial charge on any atom is -0.367 e. The van der Waals surface area contributed by atoms with Crippen LogP contribution in [0.2, 0.25) is 0 Å². The van der Waals surface area contributed by atoms with Gasteiger partial charge in [0.25, 0.3) is 11.6 Å². The smallest absolute Gasteiger partial charge is 0.290 e. The largest absolute Gasteiger partial charge is 0.367 e. The van der Waals surface area contributed by atoms with Gasteiger partial charge in [-0.3, -0.25) is 19.9 Å². The second-order valence-corrected chi connectivity index (χ2v) is 6.06. The fourth-order valence-corrected chi connectivity index (χ4v) is 2.93. The summed E-state index contributed by atoms with van der Waals surface area (Å²) in [6, 6.07) is 5.31. The van der Waals surface area contributed by atoms with E-state index in [9.17, 15) is 14.9 Å². The molecule has 2 aromatic rings. The predicted molar refractivity (Wildman–Crippen MR) is 92.4 cm³/mol. The summed E-state index contributed by atoms with van der Waals surface area (Å²) in [4.78, 5) is 32.7. The summed E-state index contributed by atoms with van der Waals surface area (Å²) >= 11 is 0. The molecular formula is C17H19N5O3. The number of aromatic nitrogens is 2. The molecule has 130 valence electrons. The lowest BCUT2D eigenvalue weighted by molar-refractivity contribution is -0.385. The Morgan fingerprint density at radius 1 is 1.32 bits per heavy atom. The van der Waals surface area contributed by atoms with Crippen LogP contribution >= 0.6 is 0 Å². The number of pyridine rings is 2. The first-order chi connectivity index (χ1) is 12.0. The average molecular weight is 341 g/mol. The summed E-state index contributed by atoms with van der Waals surface area (Å²) in [5, 5.41) is 14.1. The molecule has 1 amide bonds. The Kier molecular flexibility index (Phi) is 4.87. The molecule has 0 saturated carbocycles. The van der Waals surface area contributed by atoms with Crippen molar-refractivity contribution in [3.63, 3.8) is 0 Å². The zero-order valence-corrected chi connectivity index (χ0v) is 13.9. The number of carbonyl (C=O) groups is 1. The quantitative estimate of drug-likeness (QED) is 0.677. The van der Waals surface area contributed by atoms with Crippen LogP contribution in [0.5, 0.6) is 0 Å². The third kappa shape index (κ3) is 3.90. The summed E-state index contributed by atoms with van der Waals surface area (Å²) in [5.74, 6) is 0.646. The molecule has 0 aromatic carbocycles. The zero-order chi connectivity index (χ0) is 17.8. The van der Waals surface area contributed by atoms with Gasteiger partial charge in [-0.25, -0.2) is 4.98 Å². The second-order valence-electron chi connectivity index (χ2n) is 6.06. The van der Waals surface area contributed by atoms with E-state index in [2.05, 4.69) is 15.3 Å². The SMILES string of the molecule is Cc1cc(NC2CCN(C(=O)c3ccncc3)CC2)ncc1[N+](=O)[O-]. The van der Waals surface area contributed by atoms with Crippen molar-refractivity contribution < 1.29 is 9.72 Å². The number of hydrogen-bond donors (Lipinski definition) is 1. The number of nitro groups is 1. The maximum Gasteiger partial charge on any atom is 0.290 e. The van der Waals surface area contributed by atoms with Crippen LogP contribution in [-0.2, 0) is 0 Å². The summed E-state index contributed by atoms with van der Waals surface area (Å²) < 4.78 is 0. The van der Waals surface area contributed by atoms with E-state index < -0.39 is 4.92 Å². The van der Waals surface area contributed by atoms with Crippen molar-refractivity contribution in [2.24, 2.45) is 0 Å². The van der Waals surface area contributed by atoms with Crippen LogP contribution in [-0.4, -0.2) is 44.8 Å². The van der Waals surface area contributed by atoms with Crippen LogP contribution in [0.1, 0.15) is 28.8 Å². The third-order valence-corrected chi connectivity index (χ3v) is 4.34. The van der Waals surface area contributed by atoms with E-state index in [-0.39, 0.29) is 17.6 Å². The Balaban J connectivity index is 1.57. The summed E-state index contributed by atoms with van der Waals surface area (Å²) in [5.41, 5.74) is 1.24. The van der Waals surface area contributed by atoms with Gasteiger partial charge in [0.15, 0.2) is 0 Å². The number of anilines is 1. The Morgan fingerprint density at radius 3 is 2.60 bits per heavy atom. The van der Waals surface area contributed by atoms with Crippen molar-refractivity contribution in [3.05, 3.63) is 58.0 Å². The number of hydrogen-bond acceptors (Lipinski definition) is 6. The van der Waals surface area contributed by atoms with Gasteiger partial charge in [0.2, 0.25) is 0 Å². The fourth-order valence-electron chi connectivity index (χ4n) is 2.93. The normalized spacial score (nSPS) is 15.0. The molecule has 0 aliphatic carbocycles. The van der Waals surface area contributed by atoms with E-state index in [0.717, 1.165) is 12.8 Å². The van der Waals surface area contributed by atoms with Crippen molar-refractivity contribution >= 4 is 17.4 Å². The van der Waals surface area contributed by atoms with Gasteiger partial charge in [-0.15, -0.1) is 0 Å². The lowest BCUT2D eigenvalue weighted by Crippen LogP contribution is -2.42. The highest BCUT2D eigenvalue weighted by molar-refractivity contribution is 5.94. The highest BCUT2D eigenvalue weighted by Gasteiger charge is 2.24. The van der Waals surface area contributed by atoms with Gasteiger partial charge in [0.1, 0.15) is 12.0 Å². The van der Waals surface area contributed by atoms with E-state index in [1.165, 1.54) is 6.20 Å². The number of nitrogens with zero attached hydrogens (tertiary/aromatic N) is 4. The predicted octanol–water partition coefficient (Wildman–Crippen LogP) is 2.41. The molecule has 1 saturated heterocycles. The Hall–Kier alpha value is -3.03. The first kappa shape index (κ1) is 16.8. The van der Waals surface area contributed by atoms with Gasteiger partial charge in [-0.2, -0.15) is 0 Å². The number of piperidine rings is 1. The van der Waals surface area contributed by atoms with Gasteiger partial charge < -0.3 is 10.2 Å². The summed E-state index contributed by atoms with van der Waals surface area (Å²) in [6.45, 7) is 3.01. The van der Waals surface area contributed by atoms with Crippen LogP contribution < -0.4 is 5.32 Å². The molecule has 8 nitrogen and oxygen atoms in total. The minimum atomic E-state index is -0.435. The molecule has 3 rings (SSSR count). The first-order valence-corrected chi connectivity index (χ1v) is 8.11. The molecular weight excluding hydrogens is 322 g/mol. The first-order valence-electron chi connectivity index (χ1n) is 8.11. The molecule has 1 aliphatic heterocycles. The van der Waals surface area contributed by atoms with Crippen LogP contribution in [0.3, 0.4) is 0 Å². The number of nitrogens with one attached hydrogen (secondary N) is 1. The standard InChI is InChI=1S/C17H19N5O3/c1-12-10-16(19-11-15(12)22(24)25)20-14-4-8-21(9-5-14)17(23)13-2-6-18-7-3-13/h2-3,6-7,10-11,14H,4-5,8-9H2,1H3,(H,19,20). The highest BCUT2D eigenvalue weighted by Crippen LogP contribution is 2.21. The molecule has 0 atom stereocenters. The topological polar surface area (TPSA) is 101 Å². The molecule has 25 heavy (non-hydrogen) atoms. The molecule has 1 aliphatic rings. The van der Waals surface area contributed by atoms with Crippen LogP contribution in [0.4, 0.5) is 11.5 Å². The van der Waals surface area contributed by atoms with E-state index in [0.29, 0.717) is 30.0 Å². The average Bonchev–Trinajstić information content (AvgIpc) is 2.62. The third-order valence-electron chi connectivity index (χ3n) is 4.34. The summed E-state index contributed by atoms with van der Waals surface area (Å²) in [7, 11) is 0. The number of amides is 1. The number of rotatable bonds is 4. The number of carbonyl (C=O) groups excluding carboxylic acids is 1. The van der Waals surface area contributed by atoms with Crippen LogP contribution in [0.15, 0.2) is 36.8 Å². The van der Waals surface area contributed by atoms with Crippen molar-refractivity contribution in [2.45, 2.75) is 25.8 Å². The Labute approximate surface area is 145 Å².